The van der Waals surface area contributed by atoms with Crippen LogP contribution in [-0.2, 0) is 257 Å². The lowest BCUT2D eigenvalue weighted by atomic mass is 9.94. The Hall–Kier alpha value is -11.2. The van der Waals surface area contributed by atoms with Gasteiger partial charge in [0, 0.05) is 145 Å². The topological polar surface area (TPSA) is 681 Å². The predicted octanol–water partition coefficient (Wildman–Crippen LogP) is -3.85. The molecular weight excluding hydrogens is 1860 g/mol. The van der Waals surface area contributed by atoms with Gasteiger partial charge in [0.1, 0.15) is 125 Å². The van der Waals surface area contributed by atoms with Crippen molar-refractivity contribution < 1.29 is 257 Å². The average Bonchev–Trinajstić information content (AvgIpc) is 0.829. The number of esters is 20. The van der Waals surface area contributed by atoms with Crippen LogP contribution in [0.1, 0.15) is 138 Å². The highest BCUT2D eigenvalue weighted by molar-refractivity contribution is 5.73. The van der Waals surface area contributed by atoms with E-state index in [1.165, 1.54) is 0 Å². The number of carbonyl (C=O) groups is 20. The lowest BCUT2D eigenvalue weighted by molar-refractivity contribution is -0.396. The van der Waals surface area contributed by atoms with E-state index in [1.807, 2.05) is 0 Å². The van der Waals surface area contributed by atoms with Crippen molar-refractivity contribution in [3.63, 3.8) is 0 Å². The number of ether oxygens (including phenoxy) is 34. The van der Waals surface area contributed by atoms with Gasteiger partial charge in [-0.2, -0.15) is 0 Å². The quantitative estimate of drug-likeness (QED) is 0.0608. The Morgan fingerprint density at radius 2 is 0.255 bits per heavy atom. The zero-order chi connectivity index (χ0) is 102. The summed E-state index contributed by atoms with van der Waals surface area (Å²) in [5.41, 5.74) is 6.55. The molecule has 0 saturated carbocycles. The minimum Gasteiger partial charge on any atom is -0.463 e. The lowest BCUT2D eigenvalue weighted by Gasteiger charge is -2.52. The van der Waals surface area contributed by atoms with E-state index in [2.05, 4.69) is 0 Å². The van der Waals surface area contributed by atoms with E-state index in [0.29, 0.717) is 0 Å². The fourth-order valence-electron chi connectivity index (χ4n) is 15.8. The molecular formula is C82H111NO54. The molecule has 21 aliphatic rings. The second-order valence-electron chi connectivity index (χ2n) is 31.6. The van der Waals surface area contributed by atoms with Gasteiger partial charge in [0.2, 0.25) is 0 Å². The molecule has 0 aromatic heterocycles. The van der Waals surface area contributed by atoms with Crippen molar-refractivity contribution in [1.29, 1.82) is 0 Å². The first-order valence-corrected chi connectivity index (χ1v) is 42.4. The van der Waals surface area contributed by atoms with Gasteiger partial charge in [-0.3, -0.25) is 95.9 Å². The molecule has 35 unspecified atom stereocenters. The molecule has 21 fully saturated rings. The molecule has 0 aromatic carbocycles. The van der Waals surface area contributed by atoms with Crippen LogP contribution in [0.3, 0.4) is 0 Å². The Balaban J connectivity index is 1.50. The third-order valence-corrected chi connectivity index (χ3v) is 20.3. The molecule has 0 spiro atoms. The van der Waals surface area contributed by atoms with E-state index in [0.717, 1.165) is 138 Å². The first-order chi connectivity index (χ1) is 64.3. The second-order valence-corrected chi connectivity index (χ2v) is 31.6. The highest BCUT2D eigenvalue weighted by Crippen LogP contribution is 2.45. The molecule has 55 nitrogen and oxygen atoms in total. The van der Waals surface area contributed by atoms with Crippen LogP contribution in [0.2, 0.25) is 0 Å². The van der Waals surface area contributed by atoms with E-state index in [1.54, 1.807) is 0 Å². The first kappa shape index (κ1) is 111. The van der Waals surface area contributed by atoms with E-state index in [4.69, 9.17) is 167 Å². The molecule has 14 bridgehead atoms. The van der Waals surface area contributed by atoms with Gasteiger partial charge in [-0.05, 0) is 0 Å². The Morgan fingerprint density at radius 3 is 0.358 bits per heavy atom. The summed E-state index contributed by atoms with van der Waals surface area (Å²) in [5, 5.41) is 0. The zero-order valence-electron chi connectivity index (χ0n) is 77.8. The van der Waals surface area contributed by atoms with Gasteiger partial charge in [0.15, 0.2) is 129 Å². The van der Waals surface area contributed by atoms with Crippen LogP contribution in [0.25, 0.3) is 0 Å². The van der Waals surface area contributed by atoms with Crippen molar-refractivity contribution >= 4 is 119 Å². The van der Waals surface area contributed by atoms with Crippen molar-refractivity contribution in [3.8, 4) is 0 Å². The standard InChI is InChI=1S/C82H111NO54/c1-28(84)104-22-49-56-63(111-35(8)91)71(119-43(16)99)78(126-49)134-58-51(24-106-30(3)86)128-80(73(121-45(18)101)65(58)113-37(10)93)136-60-53(26-108-32(5)88)130-82(75(123-47(20)103)67(60)115-39(12)95)137-61-54(27-109-33(6)89)129-81(74(122-46(19)102)68(61)116-40(13)96)135-59-52(25-107-31(4)87)127-79(72(120-44(17)100)66(59)114-38(11)94)133-57-50(23-105-29(2)85)125-77(70(118-42(15)98)64(57)112-36(9)92)131-55-48(21-83)124-76(132-56)69(117-41(14)97)62(55)110-34(7)90/h48-82H,21-27,83H2,1-20H3. The fourth-order valence-corrected chi connectivity index (χ4v) is 15.8. The van der Waals surface area contributed by atoms with Gasteiger partial charge in [0.05, 0.1) is 0 Å². The smallest absolute Gasteiger partial charge is 0.303 e. The minimum absolute atomic E-state index is 0.798. The van der Waals surface area contributed by atoms with Crippen molar-refractivity contribution in [3.05, 3.63) is 0 Å². The van der Waals surface area contributed by atoms with Gasteiger partial charge >= 0.3 is 119 Å². The van der Waals surface area contributed by atoms with Crippen LogP contribution >= 0.6 is 0 Å². The summed E-state index contributed by atoms with van der Waals surface area (Å²) < 4.78 is 209. The number of hydrogen-bond donors (Lipinski definition) is 1. The molecule has 2 N–H and O–H groups in total. The van der Waals surface area contributed by atoms with Gasteiger partial charge in [-0.15, -0.1) is 0 Å². The Kier molecular flexibility index (Phi) is 40.9. The summed E-state index contributed by atoms with van der Waals surface area (Å²) >= 11 is 0. The molecule has 21 heterocycles. The van der Waals surface area contributed by atoms with Crippen LogP contribution < -0.4 is 5.73 Å². The Bertz CT molecular complexity index is 4170. The van der Waals surface area contributed by atoms with Crippen molar-refractivity contribution in [2.75, 3.05) is 46.2 Å². The number of hydrogen-bond acceptors (Lipinski definition) is 55. The normalized spacial score (nSPS) is 35.2. The molecule has 137 heavy (non-hydrogen) atoms. The third kappa shape index (κ3) is 31.4. The maximum absolute atomic E-state index is 13.9. The highest BCUT2D eigenvalue weighted by atomic mass is 16.8. The van der Waals surface area contributed by atoms with Gasteiger partial charge in [-0.1, -0.05) is 0 Å². The Labute approximate surface area is 779 Å². The third-order valence-electron chi connectivity index (χ3n) is 20.3. The van der Waals surface area contributed by atoms with Crippen LogP contribution in [0.4, 0.5) is 0 Å². The summed E-state index contributed by atoms with van der Waals surface area (Å²) in [4.78, 5) is 273. The molecule has 0 amide bonds. The summed E-state index contributed by atoms with van der Waals surface area (Å²) in [6.45, 7) is 9.31. The average molecular weight is 1970 g/mol. The molecule has 35 atom stereocenters. The molecule has 0 aliphatic carbocycles. The molecule has 55 heteroatoms. The molecule has 21 rings (SSSR count). The zero-order valence-corrected chi connectivity index (χ0v) is 77.8. The van der Waals surface area contributed by atoms with Crippen LogP contribution in [0.5, 0.6) is 0 Å². The summed E-state index contributed by atoms with van der Waals surface area (Å²) in [6, 6.07) is 0. The van der Waals surface area contributed by atoms with E-state index < -0.39 is 381 Å². The highest BCUT2D eigenvalue weighted by Gasteiger charge is 2.66. The first-order valence-electron chi connectivity index (χ1n) is 42.4. The minimum atomic E-state index is -2.46. The largest absolute Gasteiger partial charge is 0.463 e. The van der Waals surface area contributed by atoms with Crippen LogP contribution in [0, 0.1) is 0 Å². The second kappa shape index (κ2) is 50.4. The number of rotatable bonds is 27. The predicted molar refractivity (Wildman–Crippen MR) is 421 cm³/mol. The van der Waals surface area contributed by atoms with E-state index in [9.17, 15) is 95.9 Å². The van der Waals surface area contributed by atoms with E-state index in [-0.39, 0.29) is 0 Å². The summed E-state index contributed by atoms with van der Waals surface area (Å²) in [6.07, 6.45) is -79.7. The molecule has 21 aliphatic heterocycles. The molecule has 0 aromatic rings. The summed E-state index contributed by atoms with van der Waals surface area (Å²) in [7, 11) is 0. The molecule has 21 saturated heterocycles. The van der Waals surface area contributed by atoms with Crippen molar-refractivity contribution in [2.45, 2.75) is 353 Å². The summed E-state index contributed by atoms with van der Waals surface area (Å²) in [5.74, 6) is -24.6. The molecule has 768 valence electrons. The van der Waals surface area contributed by atoms with Crippen LogP contribution in [0.15, 0.2) is 0 Å². The van der Waals surface area contributed by atoms with Crippen LogP contribution in [-0.4, -0.2) is 381 Å². The van der Waals surface area contributed by atoms with Gasteiger partial charge in [-0.25, -0.2) is 0 Å². The number of carbonyl (C=O) groups excluding carboxylic acids is 20. The van der Waals surface area contributed by atoms with Crippen molar-refractivity contribution in [1.82, 2.24) is 0 Å². The SMILES string of the molecule is CC(=O)OCC1OC2OC3C(COC(C)=O)OC(OC4C(COC(C)=O)OC(OC5C(COC(C)=O)OC(OC6C(COC(C)=O)OC(OC7C(COC(C)=O)OC(OC8C(CN)OC(OC1C(OC(C)=O)C2OC(C)=O)C(OC(C)=O)C8OC(C)=O)C(OC(C)=O)C7OC(C)=O)C(OC(C)=O)C6OC(C)=O)C(OC(C)=O)C5OC(C)=O)C(OC(C)=O)C4OC(C)=O)C(OC(C)=O)C3OC(C)=O. The van der Waals surface area contributed by atoms with E-state index >= 15 is 0 Å². The maximum Gasteiger partial charge on any atom is 0.303 e. The lowest BCUT2D eigenvalue weighted by Crippen LogP contribution is -2.70. The fraction of sp³-hybridized carbons (Fsp3) is 0.756. The van der Waals surface area contributed by atoms with Gasteiger partial charge < -0.3 is 167 Å². The van der Waals surface area contributed by atoms with Gasteiger partial charge in [0.25, 0.3) is 0 Å². The number of nitrogens with two attached hydrogens (primary N) is 1. The Morgan fingerprint density at radius 1 is 0.153 bits per heavy atom. The molecule has 0 radical (unpaired) electrons. The monoisotopic (exact) mass is 1970 g/mol. The maximum atomic E-state index is 13.9. The van der Waals surface area contributed by atoms with Crippen molar-refractivity contribution in [2.24, 2.45) is 5.73 Å².